The molecule has 0 unspecified atom stereocenters. The van der Waals surface area contributed by atoms with Crippen molar-refractivity contribution in [3.05, 3.63) is 145 Å². The molecule has 9 rings (SSSR count). The molecule has 52 heavy (non-hydrogen) atoms. The summed E-state index contributed by atoms with van der Waals surface area (Å²) >= 11 is 0. The van der Waals surface area contributed by atoms with E-state index in [9.17, 15) is 0 Å². The Morgan fingerprint density at radius 3 is 1.25 bits per heavy atom. The fourth-order valence-electron chi connectivity index (χ4n) is 7.24. The van der Waals surface area contributed by atoms with Gasteiger partial charge in [0.05, 0.1) is 11.1 Å². The molecule has 6 aromatic rings. The van der Waals surface area contributed by atoms with E-state index < -0.39 is 0 Å². The quantitative estimate of drug-likeness (QED) is 0.189. The van der Waals surface area contributed by atoms with Crippen LogP contribution in [0.15, 0.2) is 143 Å². The molecular formula is C46H39BN3O2. The lowest BCUT2D eigenvalue weighted by Crippen LogP contribution is -2.30. The molecule has 0 spiro atoms. The van der Waals surface area contributed by atoms with Crippen molar-refractivity contribution in [1.29, 1.82) is 0 Å². The van der Waals surface area contributed by atoms with Crippen LogP contribution in [0.25, 0.3) is 44.5 Å². The van der Waals surface area contributed by atoms with Crippen molar-refractivity contribution in [1.82, 2.24) is 0 Å². The van der Waals surface area contributed by atoms with Crippen molar-refractivity contribution in [2.45, 2.75) is 38.8 Å². The second-order valence-electron chi connectivity index (χ2n) is 15.2. The molecule has 5 nitrogen and oxygen atoms in total. The second-order valence-corrected chi connectivity index (χ2v) is 15.2. The van der Waals surface area contributed by atoms with Crippen LogP contribution in [0.3, 0.4) is 0 Å². The Balaban J connectivity index is 1.12. The highest BCUT2D eigenvalue weighted by Crippen LogP contribution is 2.39. The van der Waals surface area contributed by atoms with Crippen LogP contribution >= 0.6 is 0 Å². The van der Waals surface area contributed by atoms with Crippen molar-refractivity contribution >= 4 is 41.4 Å². The fourth-order valence-corrected chi connectivity index (χ4v) is 7.24. The molecule has 0 fully saturated rings. The third-order valence-corrected chi connectivity index (χ3v) is 9.98. The van der Waals surface area contributed by atoms with E-state index in [1.54, 1.807) is 0 Å². The van der Waals surface area contributed by atoms with Gasteiger partial charge in [-0.3, -0.25) is 0 Å². The molecule has 1 radical (unpaired) electrons. The Hall–Kier alpha value is -5.88. The molecule has 6 aromatic carbocycles. The minimum atomic E-state index is -0.191. The maximum atomic E-state index is 5.91. The number of nitrogens with one attached hydrogen (secondary N) is 1. The predicted molar refractivity (Wildman–Crippen MR) is 216 cm³/mol. The summed E-state index contributed by atoms with van der Waals surface area (Å²) in [5.41, 5.74) is 15.3. The summed E-state index contributed by atoms with van der Waals surface area (Å²) in [5, 5.41) is 3.88. The van der Waals surface area contributed by atoms with E-state index in [2.05, 4.69) is 174 Å². The summed E-state index contributed by atoms with van der Waals surface area (Å²) in [6.07, 6.45) is 0. The van der Waals surface area contributed by atoms with E-state index in [0.717, 1.165) is 55.9 Å². The van der Waals surface area contributed by atoms with Gasteiger partial charge in [0.2, 0.25) is 11.8 Å². The Labute approximate surface area is 306 Å². The maximum absolute atomic E-state index is 5.91. The Morgan fingerprint density at radius 2 is 0.846 bits per heavy atom. The molecule has 3 heterocycles. The van der Waals surface area contributed by atoms with Crippen molar-refractivity contribution in [2.24, 2.45) is 9.98 Å². The van der Waals surface area contributed by atoms with Gasteiger partial charge in [0.1, 0.15) is 13.2 Å². The maximum Gasteiger partial charge on any atom is 0.216 e. The SMILES string of the molecule is CC1(C)COC(c2ccc(-c3ccc4c(c3)-c3ccccc3[B]c3ccccc3-c3cc(-c5ccc(C6=NC(C)(C)CO6)cc5)ccc3N4)cc2)=N1. The fraction of sp³-hybridized carbons (Fsp3) is 0.174. The lowest BCUT2D eigenvalue weighted by Gasteiger charge is -2.23. The zero-order chi connectivity index (χ0) is 35.5. The first kappa shape index (κ1) is 32.1. The molecule has 3 aliphatic heterocycles. The van der Waals surface area contributed by atoms with E-state index >= 15 is 0 Å². The van der Waals surface area contributed by atoms with E-state index in [4.69, 9.17) is 19.5 Å². The van der Waals surface area contributed by atoms with Gasteiger partial charge in [0, 0.05) is 33.6 Å². The van der Waals surface area contributed by atoms with Gasteiger partial charge in [0.25, 0.3) is 0 Å². The molecule has 0 amide bonds. The number of fused-ring (bicyclic) bond motifs is 6. The molecule has 6 heteroatoms. The van der Waals surface area contributed by atoms with Gasteiger partial charge >= 0.3 is 0 Å². The lowest BCUT2D eigenvalue weighted by atomic mass is 9.59. The van der Waals surface area contributed by atoms with Gasteiger partial charge < -0.3 is 14.8 Å². The van der Waals surface area contributed by atoms with Crippen LogP contribution in [0.5, 0.6) is 0 Å². The number of rotatable bonds is 4. The van der Waals surface area contributed by atoms with Gasteiger partial charge in [-0.15, -0.1) is 0 Å². The Kier molecular flexibility index (Phi) is 7.65. The third kappa shape index (κ3) is 6.09. The van der Waals surface area contributed by atoms with Crippen LogP contribution in [0.4, 0.5) is 11.4 Å². The smallest absolute Gasteiger partial charge is 0.216 e. The topological polar surface area (TPSA) is 55.2 Å². The van der Waals surface area contributed by atoms with Crippen molar-refractivity contribution < 1.29 is 9.47 Å². The number of nitrogens with zero attached hydrogens (tertiary/aromatic N) is 2. The van der Waals surface area contributed by atoms with Crippen molar-refractivity contribution in [2.75, 3.05) is 18.5 Å². The van der Waals surface area contributed by atoms with E-state index in [1.807, 2.05) is 0 Å². The molecule has 1 N–H and O–H groups in total. The molecular weight excluding hydrogens is 637 g/mol. The first-order valence-electron chi connectivity index (χ1n) is 17.9. The van der Waals surface area contributed by atoms with Crippen LogP contribution in [0.2, 0.25) is 0 Å². The minimum absolute atomic E-state index is 0.191. The van der Waals surface area contributed by atoms with Gasteiger partial charge in [-0.2, -0.15) is 0 Å². The number of anilines is 2. The zero-order valence-corrected chi connectivity index (χ0v) is 29.9. The van der Waals surface area contributed by atoms with Gasteiger partial charge in [-0.1, -0.05) is 95.9 Å². The van der Waals surface area contributed by atoms with Crippen LogP contribution in [-0.4, -0.2) is 43.4 Å². The number of ether oxygens (including phenoxy) is 2. The summed E-state index contributed by atoms with van der Waals surface area (Å²) in [6, 6.07) is 47.9. The highest BCUT2D eigenvalue weighted by Gasteiger charge is 2.28. The van der Waals surface area contributed by atoms with Gasteiger partial charge in [-0.05, 0) is 110 Å². The number of hydrogen-bond donors (Lipinski definition) is 1. The van der Waals surface area contributed by atoms with E-state index in [0.29, 0.717) is 25.0 Å². The van der Waals surface area contributed by atoms with Crippen LogP contribution in [0.1, 0.15) is 38.8 Å². The monoisotopic (exact) mass is 676 g/mol. The molecule has 0 atom stereocenters. The van der Waals surface area contributed by atoms with E-state index in [-0.39, 0.29) is 11.1 Å². The highest BCUT2D eigenvalue weighted by molar-refractivity contribution is 6.70. The molecule has 0 bridgehead atoms. The average Bonchev–Trinajstić information content (AvgIpc) is 3.72. The van der Waals surface area contributed by atoms with Gasteiger partial charge in [-0.25, -0.2) is 9.98 Å². The van der Waals surface area contributed by atoms with Crippen LogP contribution in [0, 0.1) is 0 Å². The Bertz CT molecular complexity index is 2240. The number of hydrogen-bond acceptors (Lipinski definition) is 5. The molecule has 0 saturated heterocycles. The molecule has 0 aromatic heterocycles. The summed E-state index contributed by atoms with van der Waals surface area (Å²) < 4.78 is 11.8. The first-order chi connectivity index (χ1) is 25.2. The lowest BCUT2D eigenvalue weighted by molar-refractivity contribution is 0.279. The summed E-state index contributed by atoms with van der Waals surface area (Å²) in [5.74, 6) is 1.43. The molecule has 3 aliphatic rings. The second kappa shape index (κ2) is 12.4. The minimum Gasteiger partial charge on any atom is -0.475 e. The first-order valence-corrected chi connectivity index (χ1v) is 17.9. The average molecular weight is 677 g/mol. The third-order valence-electron chi connectivity index (χ3n) is 9.98. The zero-order valence-electron chi connectivity index (χ0n) is 29.9. The normalized spacial score (nSPS) is 16.3. The highest BCUT2D eigenvalue weighted by atomic mass is 16.5. The predicted octanol–water partition coefficient (Wildman–Crippen LogP) is 9.18. The summed E-state index contributed by atoms with van der Waals surface area (Å²) in [4.78, 5) is 9.53. The van der Waals surface area contributed by atoms with Crippen LogP contribution in [-0.2, 0) is 9.47 Å². The Morgan fingerprint density at radius 1 is 0.462 bits per heavy atom. The summed E-state index contributed by atoms with van der Waals surface area (Å²) in [6.45, 7) is 9.59. The van der Waals surface area contributed by atoms with Gasteiger partial charge in [0.15, 0.2) is 7.28 Å². The molecule has 0 aliphatic carbocycles. The van der Waals surface area contributed by atoms with E-state index in [1.165, 1.54) is 22.1 Å². The van der Waals surface area contributed by atoms with Crippen LogP contribution < -0.4 is 16.2 Å². The standard InChI is InChI=1S/C46H39BN3O2/c1-45(2)27-51-43(49-45)31-17-13-29(14-18-31)33-21-23-41-37(25-33)35-9-5-7-11-39(35)47-40-12-8-6-10-36(40)38-26-34(22-24-42(38)48-41)30-15-19-32(20-16-30)44-50-46(3,4)28-52-44/h5-26,48H,27-28H2,1-4H3. The summed E-state index contributed by atoms with van der Waals surface area (Å²) in [7, 11) is 2.32. The molecule has 0 saturated carbocycles. The van der Waals surface area contributed by atoms with Crippen molar-refractivity contribution in [3.63, 3.8) is 0 Å². The number of aliphatic imine (C=N–C) groups is 2. The largest absolute Gasteiger partial charge is 0.475 e. The number of benzene rings is 6. The van der Waals surface area contributed by atoms with Crippen molar-refractivity contribution in [3.8, 4) is 44.5 Å². The molecule has 253 valence electrons.